The van der Waals surface area contributed by atoms with Gasteiger partial charge in [0.1, 0.15) is 0 Å². The first-order valence-electron chi connectivity index (χ1n) is 36.3. The Bertz CT molecular complexity index is 1300. The third kappa shape index (κ3) is 65.2. The van der Waals surface area contributed by atoms with E-state index in [1.54, 1.807) is 6.08 Å². The number of rotatable bonds is 68. The zero-order valence-electron chi connectivity index (χ0n) is 54.1. The minimum Gasteiger partial charge on any atom is -0.466 e. The van der Waals surface area contributed by atoms with Crippen LogP contribution in [0.25, 0.3) is 0 Å². The Morgan fingerprint density at radius 2 is 0.588 bits per heavy atom. The van der Waals surface area contributed by atoms with Gasteiger partial charge in [-0.15, -0.1) is 0 Å². The van der Waals surface area contributed by atoms with Crippen molar-refractivity contribution in [3.63, 3.8) is 0 Å². The van der Waals surface area contributed by atoms with E-state index in [9.17, 15) is 19.8 Å². The normalized spacial score (nSPS) is 12.7. The Balaban J connectivity index is 3.38. The highest BCUT2D eigenvalue weighted by atomic mass is 16.5. The summed E-state index contributed by atoms with van der Waals surface area (Å²) >= 11 is 0. The van der Waals surface area contributed by atoms with Crippen molar-refractivity contribution < 1.29 is 24.5 Å². The monoisotopic (exact) mass is 1120 g/mol. The molecule has 0 bridgehead atoms. The number of aliphatic hydroxyl groups is 2. The highest BCUT2D eigenvalue weighted by molar-refractivity contribution is 5.76. The Morgan fingerprint density at radius 1 is 0.338 bits per heavy atom. The number of allylic oxidation sites excluding steroid dienone is 5. The summed E-state index contributed by atoms with van der Waals surface area (Å²) < 4.78 is 5.50. The summed E-state index contributed by atoms with van der Waals surface area (Å²) in [5.74, 6) is -0.0510. The first-order valence-corrected chi connectivity index (χ1v) is 36.3. The molecule has 0 radical (unpaired) electrons. The Hall–Kier alpha value is -1.92. The van der Waals surface area contributed by atoms with Gasteiger partial charge in [-0.2, -0.15) is 0 Å². The predicted molar refractivity (Wildman–Crippen MR) is 352 cm³/mol. The van der Waals surface area contributed by atoms with Crippen LogP contribution in [0.1, 0.15) is 399 Å². The van der Waals surface area contributed by atoms with Crippen molar-refractivity contribution in [3.05, 3.63) is 36.5 Å². The van der Waals surface area contributed by atoms with Gasteiger partial charge in [0.05, 0.1) is 25.4 Å². The molecule has 0 aliphatic carbocycles. The minimum absolute atomic E-state index is 0.0133. The molecule has 0 fully saturated rings. The number of ether oxygens (including phenoxy) is 1. The summed E-state index contributed by atoms with van der Waals surface area (Å²) in [6, 6.07) is -0.628. The predicted octanol–water partition coefficient (Wildman–Crippen LogP) is 23.5. The van der Waals surface area contributed by atoms with Crippen LogP contribution in [-0.4, -0.2) is 47.4 Å². The molecule has 2 atom stereocenters. The van der Waals surface area contributed by atoms with Gasteiger partial charge in [-0.1, -0.05) is 339 Å². The molecule has 80 heavy (non-hydrogen) atoms. The molecule has 0 saturated carbocycles. The van der Waals surface area contributed by atoms with Gasteiger partial charge in [0.15, 0.2) is 0 Å². The van der Waals surface area contributed by atoms with E-state index in [0.29, 0.717) is 19.4 Å². The largest absolute Gasteiger partial charge is 0.466 e. The van der Waals surface area contributed by atoms with E-state index in [4.69, 9.17) is 4.74 Å². The highest BCUT2D eigenvalue weighted by Gasteiger charge is 2.18. The van der Waals surface area contributed by atoms with Crippen LogP contribution >= 0.6 is 0 Å². The Kier molecular flexibility index (Phi) is 67.9. The molecule has 472 valence electrons. The van der Waals surface area contributed by atoms with Crippen molar-refractivity contribution in [3.8, 4) is 0 Å². The molecule has 6 heteroatoms. The number of unbranched alkanes of at least 4 members (excludes halogenated alkanes) is 53. The van der Waals surface area contributed by atoms with E-state index in [1.807, 2.05) is 6.08 Å². The lowest BCUT2D eigenvalue weighted by Crippen LogP contribution is -2.45. The molecule has 0 aromatic rings. The van der Waals surface area contributed by atoms with Crippen LogP contribution in [0.5, 0.6) is 0 Å². The van der Waals surface area contributed by atoms with Crippen molar-refractivity contribution in [2.45, 2.75) is 411 Å². The standard InChI is InChI=1S/C74H141NO5/c1-3-5-7-9-11-13-15-17-19-34-38-42-46-50-54-58-62-66-72(77)71(70-76)75-73(78)67-63-59-55-51-47-43-39-36-32-30-28-26-24-22-21-23-25-27-29-31-33-37-41-45-49-53-57-61-65-69-80-74(79)68-64-60-56-52-48-44-40-35-20-18-16-14-12-10-8-6-4-2/h18,20-21,23,62,66,71-72,76-77H,3-17,19,22,24-61,63-65,67-70H2,1-2H3,(H,75,78)/b20-18-,23-21-,66-62+. The van der Waals surface area contributed by atoms with Gasteiger partial charge in [0, 0.05) is 12.8 Å². The molecule has 0 aliphatic heterocycles. The third-order valence-electron chi connectivity index (χ3n) is 16.9. The van der Waals surface area contributed by atoms with Crippen LogP contribution in [0.3, 0.4) is 0 Å². The van der Waals surface area contributed by atoms with E-state index in [1.165, 1.54) is 327 Å². The average Bonchev–Trinajstić information content (AvgIpc) is 3.46. The first-order chi connectivity index (χ1) is 39.5. The summed E-state index contributed by atoms with van der Waals surface area (Å²) in [5.41, 5.74) is 0. The molecule has 0 spiro atoms. The van der Waals surface area contributed by atoms with E-state index in [-0.39, 0.29) is 18.5 Å². The van der Waals surface area contributed by atoms with Gasteiger partial charge in [0.25, 0.3) is 0 Å². The molecule has 0 aliphatic rings. The van der Waals surface area contributed by atoms with Gasteiger partial charge in [0.2, 0.25) is 5.91 Å². The molecule has 2 unspecified atom stereocenters. The Labute approximate surface area is 500 Å². The second kappa shape index (κ2) is 69.6. The van der Waals surface area contributed by atoms with Crippen LogP contribution in [0.2, 0.25) is 0 Å². The van der Waals surface area contributed by atoms with E-state index in [2.05, 4.69) is 43.5 Å². The average molecular weight is 1120 g/mol. The topological polar surface area (TPSA) is 95.9 Å². The molecule has 0 aromatic heterocycles. The fraction of sp³-hybridized carbons (Fsp3) is 0.892. The minimum atomic E-state index is -0.844. The maximum absolute atomic E-state index is 12.5. The maximum Gasteiger partial charge on any atom is 0.305 e. The number of carbonyl (C=O) groups excluding carboxylic acids is 2. The zero-order valence-corrected chi connectivity index (χ0v) is 54.1. The van der Waals surface area contributed by atoms with Gasteiger partial charge in [-0.05, 0) is 83.5 Å². The van der Waals surface area contributed by atoms with Crippen molar-refractivity contribution in [1.82, 2.24) is 5.32 Å². The molecule has 1 amide bonds. The van der Waals surface area contributed by atoms with E-state index >= 15 is 0 Å². The zero-order chi connectivity index (χ0) is 57.8. The second-order valence-corrected chi connectivity index (χ2v) is 24.9. The van der Waals surface area contributed by atoms with E-state index in [0.717, 1.165) is 44.9 Å². The summed E-state index contributed by atoms with van der Waals surface area (Å²) in [5, 5.41) is 23.2. The lowest BCUT2D eigenvalue weighted by Gasteiger charge is -2.20. The number of aliphatic hydroxyl groups excluding tert-OH is 2. The van der Waals surface area contributed by atoms with Gasteiger partial charge in [-0.25, -0.2) is 0 Å². The van der Waals surface area contributed by atoms with Crippen molar-refractivity contribution >= 4 is 11.9 Å². The van der Waals surface area contributed by atoms with Crippen LogP contribution in [0.15, 0.2) is 36.5 Å². The van der Waals surface area contributed by atoms with Crippen LogP contribution in [0, 0.1) is 0 Å². The summed E-state index contributed by atoms with van der Waals surface area (Å²) in [6.45, 7) is 4.93. The smallest absolute Gasteiger partial charge is 0.305 e. The molecule has 3 N–H and O–H groups in total. The van der Waals surface area contributed by atoms with E-state index < -0.39 is 12.1 Å². The van der Waals surface area contributed by atoms with Crippen LogP contribution in [-0.2, 0) is 14.3 Å². The number of carbonyl (C=O) groups is 2. The summed E-state index contributed by atoms with van der Waals surface area (Å²) in [7, 11) is 0. The quantitative estimate of drug-likeness (QED) is 0.0320. The van der Waals surface area contributed by atoms with Crippen molar-refractivity contribution in [2.24, 2.45) is 0 Å². The molecule has 6 nitrogen and oxygen atoms in total. The molecule has 0 saturated heterocycles. The SMILES string of the molecule is CCCCCCCC/C=C\CCCCCCCCCC(=O)OCCCCCCCCCCCCCC/C=C\CCCCCCCCCCCCCCCC(=O)NC(CO)C(O)/C=C/CCCCCCCCCCCCCCCCC. The van der Waals surface area contributed by atoms with Gasteiger partial charge >= 0.3 is 5.97 Å². The number of nitrogens with one attached hydrogen (secondary N) is 1. The van der Waals surface area contributed by atoms with Crippen molar-refractivity contribution in [2.75, 3.05) is 13.2 Å². The lowest BCUT2D eigenvalue weighted by molar-refractivity contribution is -0.143. The third-order valence-corrected chi connectivity index (χ3v) is 16.9. The molecule has 0 heterocycles. The maximum atomic E-state index is 12.5. The van der Waals surface area contributed by atoms with Crippen molar-refractivity contribution in [1.29, 1.82) is 0 Å². The summed E-state index contributed by atoms with van der Waals surface area (Å²) in [6.07, 6.45) is 89.4. The number of esters is 1. The van der Waals surface area contributed by atoms with Crippen LogP contribution < -0.4 is 5.32 Å². The second-order valence-electron chi connectivity index (χ2n) is 24.9. The van der Waals surface area contributed by atoms with Gasteiger partial charge < -0.3 is 20.3 Å². The molecular weight excluding hydrogens is 983 g/mol. The lowest BCUT2D eigenvalue weighted by atomic mass is 10.0. The fourth-order valence-electron chi connectivity index (χ4n) is 11.3. The Morgan fingerprint density at radius 3 is 0.887 bits per heavy atom. The summed E-state index contributed by atoms with van der Waals surface area (Å²) in [4.78, 5) is 24.6. The number of hydrogen-bond acceptors (Lipinski definition) is 5. The highest BCUT2D eigenvalue weighted by Crippen LogP contribution is 2.18. The molecular formula is C74H141NO5. The molecule has 0 rings (SSSR count). The number of hydrogen-bond donors (Lipinski definition) is 3. The molecule has 0 aromatic carbocycles. The number of amides is 1. The van der Waals surface area contributed by atoms with Crippen LogP contribution in [0.4, 0.5) is 0 Å². The fourth-order valence-corrected chi connectivity index (χ4v) is 11.3. The van der Waals surface area contributed by atoms with Gasteiger partial charge in [-0.3, -0.25) is 9.59 Å². The first kappa shape index (κ1) is 78.1.